The summed E-state index contributed by atoms with van der Waals surface area (Å²) in [4.78, 5) is 12.6. The molecule has 1 fully saturated rings. The fourth-order valence-electron chi connectivity index (χ4n) is 3.20. The molecule has 4 N–H and O–H groups in total. The first-order valence-electron chi connectivity index (χ1n) is 7.76. The van der Waals surface area contributed by atoms with Crippen LogP contribution in [0.25, 0.3) is 11.3 Å². The highest BCUT2D eigenvalue weighted by atomic mass is 35.5. The second-order valence-electron chi connectivity index (χ2n) is 6.34. The van der Waals surface area contributed by atoms with Gasteiger partial charge >= 0.3 is 0 Å². The summed E-state index contributed by atoms with van der Waals surface area (Å²) in [5.74, 6) is -0.108. The third-order valence-electron chi connectivity index (χ3n) is 4.51. The number of carbonyl (C=O) groups is 1. The van der Waals surface area contributed by atoms with Crippen molar-refractivity contribution in [2.24, 2.45) is 11.7 Å². The molecule has 1 aliphatic rings. The lowest BCUT2D eigenvalue weighted by molar-refractivity contribution is -0.122. The second-order valence-corrected chi connectivity index (χ2v) is 6.34. The van der Waals surface area contributed by atoms with Crippen LogP contribution in [0.15, 0.2) is 36.5 Å². The smallest absolute Gasteiger partial charge is 0.229 e. The lowest BCUT2D eigenvalue weighted by Crippen LogP contribution is -2.51. The van der Waals surface area contributed by atoms with Gasteiger partial charge in [-0.15, -0.1) is 12.4 Å². The number of carbonyl (C=O) groups excluding carboxylic acids is 1. The fourth-order valence-corrected chi connectivity index (χ4v) is 3.20. The molecular weight excluding hydrogens is 312 g/mol. The number of benzene rings is 1. The molecule has 2 aromatic rings. The predicted octanol–water partition coefficient (Wildman–Crippen LogP) is 3.34. The van der Waals surface area contributed by atoms with Gasteiger partial charge in [0.25, 0.3) is 0 Å². The van der Waals surface area contributed by atoms with Gasteiger partial charge in [-0.05, 0) is 38.0 Å². The van der Waals surface area contributed by atoms with Crippen LogP contribution in [-0.4, -0.2) is 21.6 Å². The van der Waals surface area contributed by atoms with E-state index in [1.165, 1.54) is 0 Å². The van der Waals surface area contributed by atoms with Gasteiger partial charge in [-0.3, -0.25) is 9.89 Å². The van der Waals surface area contributed by atoms with Crippen LogP contribution in [0.2, 0.25) is 0 Å². The maximum Gasteiger partial charge on any atom is 0.229 e. The van der Waals surface area contributed by atoms with Gasteiger partial charge in [0.15, 0.2) is 0 Å². The van der Waals surface area contributed by atoms with Crippen LogP contribution in [0.4, 0.5) is 5.69 Å². The van der Waals surface area contributed by atoms with Crippen LogP contribution < -0.4 is 11.1 Å². The van der Waals surface area contributed by atoms with E-state index in [1.54, 1.807) is 6.20 Å². The number of nitrogens with one attached hydrogen (secondary N) is 2. The largest absolute Gasteiger partial charge is 0.326 e. The van der Waals surface area contributed by atoms with Crippen molar-refractivity contribution in [3.63, 3.8) is 0 Å². The maximum absolute atomic E-state index is 12.6. The van der Waals surface area contributed by atoms with E-state index in [1.807, 2.05) is 37.3 Å². The molecule has 5 nitrogen and oxygen atoms in total. The molecule has 0 radical (unpaired) electrons. The number of H-pyrrole nitrogens is 1. The van der Waals surface area contributed by atoms with E-state index in [0.717, 1.165) is 42.6 Å². The van der Waals surface area contributed by atoms with Crippen LogP contribution in [0.5, 0.6) is 0 Å². The summed E-state index contributed by atoms with van der Waals surface area (Å²) in [7, 11) is 0. The number of nitrogens with two attached hydrogens (primary N) is 1. The van der Waals surface area contributed by atoms with Crippen LogP contribution in [0.3, 0.4) is 0 Å². The molecule has 3 rings (SSSR count). The number of nitrogens with zero attached hydrogens (tertiary/aromatic N) is 1. The molecule has 1 saturated carbocycles. The summed E-state index contributed by atoms with van der Waals surface area (Å²) in [6, 6.07) is 9.65. The second kappa shape index (κ2) is 7.15. The number of aromatic amines is 1. The summed E-state index contributed by atoms with van der Waals surface area (Å²) >= 11 is 0. The molecule has 23 heavy (non-hydrogen) atoms. The molecule has 1 aromatic carbocycles. The predicted molar refractivity (Wildman–Crippen MR) is 94.5 cm³/mol. The molecule has 1 aliphatic carbocycles. The van der Waals surface area contributed by atoms with E-state index in [9.17, 15) is 4.79 Å². The molecule has 1 aromatic heterocycles. The maximum atomic E-state index is 12.6. The topological polar surface area (TPSA) is 83.8 Å². The molecule has 0 spiro atoms. The van der Waals surface area contributed by atoms with Gasteiger partial charge in [-0.2, -0.15) is 5.10 Å². The molecule has 0 saturated heterocycles. The van der Waals surface area contributed by atoms with Gasteiger partial charge in [-0.25, -0.2) is 0 Å². The van der Waals surface area contributed by atoms with Crippen LogP contribution in [0.1, 0.15) is 32.6 Å². The normalized spacial score (nSPS) is 23.8. The standard InChI is InChI=1S/C17H22N4O.ClH/c1-17(18)9-3-2-7-14(17)16(22)20-13-6-4-5-12(11-13)15-8-10-19-21-15;/h4-6,8,10-11,14H,2-3,7,9,18H2,1H3,(H,19,21)(H,20,22);1H. The quantitative estimate of drug-likeness (QED) is 0.804. The molecule has 0 aliphatic heterocycles. The number of rotatable bonds is 3. The Morgan fingerprint density at radius 1 is 1.39 bits per heavy atom. The van der Waals surface area contributed by atoms with Gasteiger partial charge in [0.2, 0.25) is 5.91 Å². The third kappa shape index (κ3) is 3.92. The van der Waals surface area contributed by atoms with Crippen molar-refractivity contribution in [3.05, 3.63) is 36.5 Å². The average Bonchev–Trinajstić information content (AvgIpc) is 3.01. The Kier molecular flexibility index (Phi) is 5.44. The van der Waals surface area contributed by atoms with Gasteiger partial charge in [0, 0.05) is 23.0 Å². The van der Waals surface area contributed by atoms with Crippen molar-refractivity contribution in [2.75, 3.05) is 5.32 Å². The Balaban J connectivity index is 0.00000192. The van der Waals surface area contributed by atoms with E-state index in [2.05, 4.69) is 15.5 Å². The fraction of sp³-hybridized carbons (Fsp3) is 0.412. The first-order chi connectivity index (χ1) is 10.6. The molecule has 1 heterocycles. The lowest BCUT2D eigenvalue weighted by atomic mass is 9.74. The van der Waals surface area contributed by atoms with Crippen LogP contribution >= 0.6 is 12.4 Å². The van der Waals surface area contributed by atoms with Gasteiger partial charge < -0.3 is 11.1 Å². The average molecular weight is 335 g/mol. The van der Waals surface area contributed by atoms with Crippen LogP contribution in [0, 0.1) is 5.92 Å². The Bertz CT molecular complexity index is 654. The van der Waals surface area contributed by atoms with Crippen molar-refractivity contribution in [3.8, 4) is 11.3 Å². The van der Waals surface area contributed by atoms with Gasteiger partial charge in [0.1, 0.15) is 0 Å². The molecule has 2 unspecified atom stereocenters. The number of aromatic nitrogens is 2. The molecule has 124 valence electrons. The van der Waals surface area contributed by atoms with E-state index in [-0.39, 0.29) is 24.2 Å². The lowest BCUT2D eigenvalue weighted by Gasteiger charge is -2.37. The minimum Gasteiger partial charge on any atom is -0.326 e. The first-order valence-corrected chi connectivity index (χ1v) is 7.76. The van der Waals surface area contributed by atoms with Crippen LogP contribution in [-0.2, 0) is 4.79 Å². The van der Waals surface area contributed by atoms with E-state index >= 15 is 0 Å². The summed E-state index contributed by atoms with van der Waals surface area (Å²) in [5, 5.41) is 9.90. The Morgan fingerprint density at radius 2 is 2.22 bits per heavy atom. The third-order valence-corrected chi connectivity index (χ3v) is 4.51. The summed E-state index contributed by atoms with van der Waals surface area (Å²) in [6.45, 7) is 1.98. The molecular formula is C17H23ClN4O. The van der Waals surface area contributed by atoms with Crippen molar-refractivity contribution < 1.29 is 4.79 Å². The van der Waals surface area contributed by atoms with Gasteiger partial charge in [-0.1, -0.05) is 25.0 Å². The highest BCUT2D eigenvalue weighted by Gasteiger charge is 2.37. The Labute approximate surface area is 142 Å². The van der Waals surface area contributed by atoms with E-state index < -0.39 is 5.54 Å². The number of anilines is 1. The summed E-state index contributed by atoms with van der Waals surface area (Å²) in [6.07, 6.45) is 5.64. The van der Waals surface area contributed by atoms with E-state index in [4.69, 9.17) is 5.73 Å². The monoisotopic (exact) mass is 334 g/mol. The SMILES string of the molecule is CC1(N)CCCCC1C(=O)Nc1cccc(-c2ccn[nH]2)c1.Cl. The zero-order valence-electron chi connectivity index (χ0n) is 13.2. The minimum atomic E-state index is -0.413. The van der Waals surface area contributed by atoms with Crippen molar-refractivity contribution in [1.29, 1.82) is 0 Å². The highest BCUT2D eigenvalue weighted by Crippen LogP contribution is 2.32. The van der Waals surface area contributed by atoms with Crippen molar-refractivity contribution >= 4 is 24.0 Å². The van der Waals surface area contributed by atoms with Crippen molar-refractivity contribution in [2.45, 2.75) is 38.1 Å². The Morgan fingerprint density at radius 3 is 2.91 bits per heavy atom. The highest BCUT2D eigenvalue weighted by molar-refractivity contribution is 5.94. The summed E-state index contributed by atoms with van der Waals surface area (Å²) in [5.41, 5.74) is 8.61. The summed E-state index contributed by atoms with van der Waals surface area (Å²) < 4.78 is 0. The Hall–Kier alpha value is -1.85. The van der Waals surface area contributed by atoms with E-state index in [0.29, 0.717) is 0 Å². The molecule has 2 atom stereocenters. The zero-order chi connectivity index (χ0) is 15.6. The molecule has 6 heteroatoms. The number of hydrogen-bond donors (Lipinski definition) is 3. The molecule has 1 amide bonds. The number of amides is 1. The number of hydrogen-bond acceptors (Lipinski definition) is 3. The van der Waals surface area contributed by atoms with Gasteiger partial charge in [0.05, 0.1) is 11.6 Å². The molecule has 0 bridgehead atoms. The minimum absolute atomic E-state index is 0. The first kappa shape index (κ1) is 17.5. The number of halogens is 1. The van der Waals surface area contributed by atoms with Crippen molar-refractivity contribution in [1.82, 2.24) is 10.2 Å². The zero-order valence-corrected chi connectivity index (χ0v) is 14.0.